The van der Waals surface area contributed by atoms with Gasteiger partial charge in [-0.25, -0.2) is 4.79 Å². The van der Waals surface area contributed by atoms with Crippen LogP contribution in [0.3, 0.4) is 0 Å². The summed E-state index contributed by atoms with van der Waals surface area (Å²) in [6, 6.07) is 6.48. The van der Waals surface area contributed by atoms with E-state index in [1.807, 2.05) is 0 Å². The molecular weight excluding hydrogens is 387 g/mol. The van der Waals surface area contributed by atoms with E-state index in [2.05, 4.69) is 0 Å². The molecule has 0 radical (unpaired) electrons. The molecule has 25 heavy (non-hydrogen) atoms. The summed E-state index contributed by atoms with van der Waals surface area (Å²) in [4.78, 5) is 24.0. The molecule has 2 rings (SSSR count). The summed E-state index contributed by atoms with van der Waals surface area (Å²) < 4.78 is 15.7. The van der Waals surface area contributed by atoms with E-state index in [0.717, 1.165) is 11.3 Å². The largest absolute Gasteiger partial charge is 0.493 e. The highest BCUT2D eigenvalue weighted by atomic mass is 35.5. The summed E-state index contributed by atoms with van der Waals surface area (Å²) in [6.45, 7) is -0.354. The number of rotatable bonds is 7. The Morgan fingerprint density at radius 2 is 1.92 bits per heavy atom. The van der Waals surface area contributed by atoms with E-state index >= 15 is 0 Å². The number of hydrogen-bond donors (Lipinski definition) is 0. The molecule has 0 amide bonds. The number of esters is 1. The summed E-state index contributed by atoms with van der Waals surface area (Å²) in [7, 11) is 2.97. The third-order valence-electron chi connectivity index (χ3n) is 3.06. The number of carbonyl (C=O) groups excluding carboxylic acids is 2. The van der Waals surface area contributed by atoms with Crippen LogP contribution in [0.2, 0.25) is 9.36 Å². The van der Waals surface area contributed by atoms with Gasteiger partial charge in [0.25, 0.3) is 0 Å². The lowest BCUT2D eigenvalue weighted by Crippen LogP contribution is -2.11. The molecule has 0 spiro atoms. The van der Waals surface area contributed by atoms with E-state index in [1.165, 1.54) is 26.4 Å². The lowest BCUT2D eigenvalue weighted by Gasteiger charge is -2.10. The van der Waals surface area contributed by atoms with E-state index in [4.69, 9.17) is 37.4 Å². The van der Waals surface area contributed by atoms with Crippen molar-refractivity contribution >= 4 is 52.4 Å². The van der Waals surface area contributed by atoms with Crippen molar-refractivity contribution in [3.8, 4) is 11.5 Å². The first-order valence-electron chi connectivity index (χ1n) is 6.99. The molecule has 0 atom stereocenters. The van der Waals surface area contributed by atoms with E-state index in [1.54, 1.807) is 24.3 Å². The fraction of sp³-hybridized carbons (Fsp3) is 0.176. The Labute approximate surface area is 158 Å². The maximum absolute atomic E-state index is 11.8. The molecule has 0 aliphatic heterocycles. The third kappa shape index (κ3) is 5.22. The van der Waals surface area contributed by atoms with Crippen LogP contribution in [0.4, 0.5) is 0 Å². The average molecular weight is 401 g/mol. The molecule has 1 aromatic carbocycles. The van der Waals surface area contributed by atoms with Gasteiger partial charge in [-0.15, -0.1) is 11.3 Å². The van der Waals surface area contributed by atoms with Crippen molar-refractivity contribution in [3.63, 3.8) is 0 Å². The second-order valence-corrected chi connectivity index (χ2v) is 6.83. The van der Waals surface area contributed by atoms with Crippen LogP contribution in [0, 0.1) is 0 Å². The van der Waals surface area contributed by atoms with Gasteiger partial charge < -0.3 is 14.2 Å². The van der Waals surface area contributed by atoms with E-state index in [0.29, 0.717) is 31.3 Å². The minimum Gasteiger partial charge on any atom is -0.493 e. The van der Waals surface area contributed by atoms with Gasteiger partial charge in [-0.05, 0) is 35.9 Å². The van der Waals surface area contributed by atoms with Gasteiger partial charge in [-0.1, -0.05) is 23.2 Å². The van der Waals surface area contributed by atoms with Crippen molar-refractivity contribution in [1.82, 2.24) is 0 Å². The Morgan fingerprint density at radius 1 is 1.16 bits per heavy atom. The molecule has 0 saturated carbocycles. The fourth-order valence-electron chi connectivity index (χ4n) is 1.92. The smallest absolute Gasteiger partial charge is 0.331 e. The SMILES string of the molecule is COc1cc(/C=C/C(=O)OCC(=O)c2ccc(Cl)s2)cc(Cl)c1OC. The predicted molar refractivity (Wildman–Crippen MR) is 98.2 cm³/mol. The number of thiophene rings is 1. The zero-order valence-corrected chi connectivity index (χ0v) is 15.7. The van der Waals surface area contributed by atoms with Gasteiger partial charge in [0.15, 0.2) is 18.1 Å². The topological polar surface area (TPSA) is 61.8 Å². The van der Waals surface area contributed by atoms with Crippen molar-refractivity contribution in [3.05, 3.63) is 50.1 Å². The van der Waals surface area contributed by atoms with Gasteiger partial charge in [-0.2, -0.15) is 0 Å². The van der Waals surface area contributed by atoms with Crippen molar-refractivity contribution < 1.29 is 23.8 Å². The molecule has 2 aromatic rings. The monoisotopic (exact) mass is 400 g/mol. The second kappa shape index (κ2) is 8.89. The standard InChI is InChI=1S/C17H14Cl2O5S/c1-22-13-8-10(7-11(18)17(13)23-2)3-6-16(21)24-9-12(20)14-4-5-15(19)25-14/h3-8H,9H2,1-2H3/b6-3+. The Hall–Kier alpha value is -2.02. The van der Waals surface area contributed by atoms with Crippen LogP contribution >= 0.6 is 34.5 Å². The van der Waals surface area contributed by atoms with Gasteiger partial charge in [0.2, 0.25) is 5.78 Å². The van der Waals surface area contributed by atoms with Crippen LogP contribution in [0.15, 0.2) is 30.3 Å². The van der Waals surface area contributed by atoms with Crippen LogP contribution in [0.1, 0.15) is 15.2 Å². The molecule has 0 bridgehead atoms. The van der Waals surface area contributed by atoms with E-state index in [9.17, 15) is 9.59 Å². The highest BCUT2D eigenvalue weighted by Gasteiger charge is 2.12. The average Bonchev–Trinajstić information content (AvgIpc) is 3.03. The molecule has 0 saturated heterocycles. The molecule has 132 valence electrons. The van der Waals surface area contributed by atoms with Crippen LogP contribution in [0.25, 0.3) is 6.08 Å². The minimum atomic E-state index is -0.651. The van der Waals surface area contributed by atoms with Crippen LogP contribution in [0.5, 0.6) is 11.5 Å². The molecule has 1 heterocycles. The summed E-state index contributed by atoms with van der Waals surface area (Å²) in [5.74, 6) is -0.119. The zero-order chi connectivity index (χ0) is 18.4. The molecule has 5 nitrogen and oxygen atoms in total. The number of benzene rings is 1. The highest BCUT2D eigenvalue weighted by molar-refractivity contribution is 7.18. The van der Waals surface area contributed by atoms with E-state index < -0.39 is 5.97 Å². The Balaban J connectivity index is 1.98. The number of ether oxygens (including phenoxy) is 3. The van der Waals surface area contributed by atoms with Crippen molar-refractivity contribution in [1.29, 1.82) is 0 Å². The lowest BCUT2D eigenvalue weighted by molar-refractivity contribution is -0.136. The Bertz CT molecular complexity index is 813. The Kier molecular flexibility index (Phi) is 6.87. The summed E-state index contributed by atoms with van der Waals surface area (Å²) >= 11 is 13.0. The molecule has 1 aromatic heterocycles. The normalized spacial score (nSPS) is 10.7. The quantitative estimate of drug-likeness (QED) is 0.388. The van der Waals surface area contributed by atoms with Crippen LogP contribution in [-0.4, -0.2) is 32.6 Å². The molecule has 0 N–H and O–H groups in total. The summed E-state index contributed by atoms with van der Waals surface area (Å²) in [6.07, 6.45) is 2.70. The van der Waals surface area contributed by atoms with Crippen molar-refractivity contribution in [2.45, 2.75) is 0 Å². The van der Waals surface area contributed by atoms with Gasteiger partial charge in [-0.3, -0.25) is 4.79 Å². The van der Waals surface area contributed by atoms with Crippen LogP contribution in [-0.2, 0) is 9.53 Å². The molecule has 0 aliphatic carbocycles. The fourth-order valence-corrected chi connectivity index (χ4v) is 3.18. The maximum Gasteiger partial charge on any atom is 0.331 e. The molecule has 0 unspecified atom stereocenters. The summed E-state index contributed by atoms with van der Waals surface area (Å²) in [5, 5.41) is 0.347. The van der Waals surface area contributed by atoms with Gasteiger partial charge in [0.1, 0.15) is 0 Å². The van der Waals surface area contributed by atoms with Gasteiger partial charge >= 0.3 is 5.97 Å². The first-order chi connectivity index (χ1) is 11.9. The number of carbonyl (C=O) groups is 2. The van der Waals surface area contributed by atoms with Gasteiger partial charge in [0.05, 0.1) is 28.5 Å². The first kappa shape index (κ1) is 19.3. The first-order valence-corrected chi connectivity index (χ1v) is 8.56. The zero-order valence-electron chi connectivity index (χ0n) is 13.4. The van der Waals surface area contributed by atoms with Crippen molar-refractivity contribution in [2.24, 2.45) is 0 Å². The number of hydrogen-bond acceptors (Lipinski definition) is 6. The minimum absolute atomic E-state index is 0.312. The molecule has 0 aliphatic rings. The highest BCUT2D eigenvalue weighted by Crippen LogP contribution is 2.36. The lowest BCUT2D eigenvalue weighted by atomic mass is 10.2. The molecular formula is C17H14Cl2O5S. The number of Topliss-reactive ketones (excluding diaryl/α,β-unsaturated/α-hetero) is 1. The van der Waals surface area contributed by atoms with Gasteiger partial charge in [0, 0.05) is 6.08 Å². The van der Waals surface area contributed by atoms with E-state index in [-0.39, 0.29) is 12.4 Å². The second-order valence-electron chi connectivity index (χ2n) is 4.71. The Morgan fingerprint density at radius 3 is 2.52 bits per heavy atom. The number of methoxy groups -OCH3 is 2. The third-order valence-corrected chi connectivity index (χ3v) is 4.61. The maximum atomic E-state index is 11.8. The predicted octanol–water partition coefficient (Wildman–Crippen LogP) is 4.51. The summed E-state index contributed by atoms with van der Waals surface area (Å²) in [5.41, 5.74) is 0.621. The number of ketones is 1. The van der Waals surface area contributed by atoms with Crippen molar-refractivity contribution in [2.75, 3.05) is 20.8 Å². The number of halogens is 2. The molecule has 0 fully saturated rings. The van der Waals surface area contributed by atoms with Crippen LogP contribution < -0.4 is 9.47 Å². The molecule has 8 heteroatoms.